The van der Waals surface area contributed by atoms with Gasteiger partial charge in [0.1, 0.15) is 17.1 Å². The molecule has 0 atom stereocenters. The molecule has 0 saturated carbocycles. The zero-order valence-electron chi connectivity index (χ0n) is 11.0. The highest BCUT2D eigenvalue weighted by Crippen LogP contribution is 2.32. The summed E-state index contributed by atoms with van der Waals surface area (Å²) in [5.74, 6) is 0.847. The average molecular weight is 288 g/mol. The number of imidazole rings is 1. The number of aryl methyl sites for hydroxylation is 1. The van der Waals surface area contributed by atoms with Crippen molar-refractivity contribution in [3.63, 3.8) is 0 Å². The Labute approximate surface area is 121 Å². The van der Waals surface area contributed by atoms with Crippen LogP contribution in [0.4, 0.5) is 0 Å². The van der Waals surface area contributed by atoms with Gasteiger partial charge in [-0.1, -0.05) is 18.5 Å². The van der Waals surface area contributed by atoms with Gasteiger partial charge in [0, 0.05) is 17.8 Å². The van der Waals surface area contributed by atoms with Crippen LogP contribution in [0.25, 0.3) is 22.6 Å². The molecule has 0 unspecified atom stereocenters. The van der Waals surface area contributed by atoms with Gasteiger partial charge in [0.2, 0.25) is 0 Å². The molecule has 5 heteroatoms. The van der Waals surface area contributed by atoms with E-state index in [2.05, 4.69) is 16.9 Å². The van der Waals surface area contributed by atoms with Gasteiger partial charge < -0.3 is 9.67 Å². The minimum Gasteiger partial charge on any atom is -0.507 e. The third-order valence-corrected chi connectivity index (χ3v) is 3.39. The zero-order chi connectivity index (χ0) is 14.1. The number of halogens is 1. The smallest absolute Gasteiger partial charge is 0.160 e. The van der Waals surface area contributed by atoms with Crippen LogP contribution in [0.2, 0.25) is 5.02 Å². The molecule has 0 aliphatic rings. The number of benzene rings is 1. The molecule has 0 aliphatic heterocycles. The maximum atomic E-state index is 10.1. The fourth-order valence-corrected chi connectivity index (χ4v) is 2.46. The van der Waals surface area contributed by atoms with E-state index < -0.39 is 0 Å². The Morgan fingerprint density at radius 3 is 2.90 bits per heavy atom. The highest BCUT2D eigenvalue weighted by atomic mass is 35.5. The van der Waals surface area contributed by atoms with Gasteiger partial charge in [0.25, 0.3) is 0 Å². The molecular weight excluding hydrogens is 274 g/mol. The van der Waals surface area contributed by atoms with Gasteiger partial charge in [0.05, 0.1) is 5.56 Å². The summed E-state index contributed by atoms with van der Waals surface area (Å²) in [5, 5.41) is 10.6. The van der Waals surface area contributed by atoms with Crippen LogP contribution < -0.4 is 0 Å². The van der Waals surface area contributed by atoms with E-state index in [1.54, 1.807) is 18.3 Å². The average Bonchev–Trinajstić information content (AvgIpc) is 2.78. The van der Waals surface area contributed by atoms with Crippen molar-refractivity contribution in [2.45, 2.75) is 19.9 Å². The van der Waals surface area contributed by atoms with Gasteiger partial charge >= 0.3 is 0 Å². The lowest BCUT2D eigenvalue weighted by Gasteiger charge is -2.08. The second-order valence-electron chi connectivity index (χ2n) is 4.59. The van der Waals surface area contributed by atoms with Crippen LogP contribution in [0.15, 0.2) is 36.5 Å². The molecule has 1 N–H and O–H groups in total. The van der Waals surface area contributed by atoms with Crippen molar-refractivity contribution in [1.29, 1.82) is 0 Å². The van der Waals surface area contributed by atoms with Gasteiger partial charge in [-0.25, -0.2) is 9.97 Å². The molecule has 0 spiro atoms. The van der Waals surface area contributed by atoms with E-state index in [9.17, 15) is 5.11 Å². The summed E-state index contributed by atoms with van der Waals surface area (Å²) in [7, 11) is 0. The lowest BCUT2D eigenvalue weighted by molar-refractivity contribution is 0.476. The molecule has 102 valence electrons. The standard InChI is InChI=1S/C15H14ClN3O/c1-2-8-19-14(11-6-5-10(16)9-13(11)20)18-12-4-3-7-17-15(12)19/h3-7,9,20H,2,8H2,1H3. The summed E-state index contributed by atoms with van der Waals surface area (Å²) in [6.45, 7) is 2.89. The van der Waals surface area contributed by atoms with Crippen LogP contribution in [0.5, 0.6) is 5.75 Å². The van der Waals surface area contributed by atoms with Gasteiger partial charge in [0.15, 0.2) is 5.65 Å². The molecule has 20 heavy (non-hydrogen) atoms. The molecule has 0 saturated heterocycles. The van der Waals surface area contributed by atoms with Gasteiger partial charge in [-0.2, -0.15) is 0 Å². The fourth-order valence-electron chi connectivity index (χ4n) is 2.29. The number of hydrogen-bond donors (Lipinski definition) is 1. The van der Waals surface area contributed by atoms with Crippen LogP contribution in [0.3, 0.4) is 0 Å². The number of fused-ring (bicyclic) bond motifs is 1. The minimum atomic E-state index is 0.130. The van der Waals surface area contributed by atoms with Crippen molar-refractivity contribution in [1.82, 2.24) is 14.5 Å². The first-order chi connectivity index (χ1) is 9.70. The third kappa shape index (κ3) is 2.12. The number of phenolic OH excluding ortho intramolecular Hbond substituents is 1. The highest BCUT2D eigenvalue weighted by Gasteiger charge is 2.15. The van der Waals surface area contributed by atoms with Crippen molar-refractivity contribution in [2.24, 2.45) is 0 Å². The summed E-state index contributed by atoms with van der Waals surface area (Å²) < 4.78 is 2.03. The van der Waals surface area contributed by atoms with Crippen molar-refractivity contribution >= 4 is 22.8 Å². The van der Waals surface area contributed by atoms with E-state index in [-0.39, 0.29) is 5.75 Å². The van der Waals surface area contributed by atoms with Crippen LogP contribution in [0, 0.1) is 0 Å². The fraction of sp³-hybridized carbons (Fsp3) is 0.200. The quantitative estimate of drug-likeness (QED) is 0.795. The maximum Gasteiger partial charge on any atom is 0.160 e. The Bertz CT molecular complexity index is 767. The van der Waals surface area contributed by atoms with E-state index in [4.69, 9.17) is 11.6 Å². The number of aromatic nitrogens is 3. The Morgan fingerprint density at radius 2 is 2.15 bits per heavy atom. The Kier molecular flexibility index (Phi) is 3.32. The number of phenols is 1. The predicted molar refractivity (Wildman–Crippen MR) is 79.9 cm³/mol. The van der Waals surface area contributed by atoms with Crippen molar-refractivity contribution in [3.05, 3.63) is 41.6 Å². The van der Waals surface area contributed by atoms with E-state index >= 15 is 0 Å². The Morgan fingerprint density at radius 1 is 1.30 bits per heavy atom. The number of hydrogen-bond acceptors (Lipinski definition) is 3. The molecule has 0 amide bonds. The van der Waals surface area contributed by atoms with Crippen molar-refractivity contribution in [3.8, 4) is 17.1 Å². The first-order valence-electron chi connectivity index (χ1n) is 6.51. The molecular formula is C15H14ClN3O. The zero-order valence-corrected chi connectivity index (χ0v) is 11.8. The second kappa shape index (κ2) is 5.13. The van der Waals surface area contributed by atoms with E-state index in [0.29, 0.717) is 10.6 Å². The number of nitrogens with zero attached hydrogens (tertiary/aromatic N) is 3. The third-order valence-electron chi connectivity index (χ3n) is 3.15. The molecule has 3 aromatic rings. The van der Waals surface area contributed by atoms with Crippen LogP contribution in [-0.2, 0) is 6.54 Å². The first-order valence-corrected chi connectivity index (χ1v) is 6.88. The molecule has 0 bridgehead atoms. The van der Waals surface area contributed by atoms with Gasteiger partial charge in [-0.15, -0.1) is 0 Å². The molecule has 0 radical (unpaired) electrons. The molecule has 0 aliphatic carbocycles. The summed E-state index contributed by atoms with van der Waals surface area (Å²) in [4.78, 5) is 8.98. The molecule has 1 aromatic carbocycles. The molecule has 2 aromatic heterocycles. The SMILES string of the molecule is CCCn1c(-c2ccc(Cl)cc2O)nc2cccnc21. The monoisotopic (exact) mass is 287 g/mol. The predicted octanol–water partition coefficient (Wildman–Crippen LogP) is 3.87. The van der Waals surface area contributed by atoms with Crippen LogP contribution in [-0.4, -0.2) is 19.6 Å². The summed E-state index contributed by atoms with van der Waals surface area (Å²) >= 11 is 5.88. The molecule has 0 fully saturated rings. The lowest BCUT2D eigenvalue weighted by Crippen LogP contribution is -2.00. The van der Waals surface area contributed by atoms with Crippen LogP contribution >= 0.6 is 11.6 Å². The molecule has 2 heterocycles. The summed E-state index contributed by atoms with van der Waals surface area (Å²) in [6, 6.07) is 8.84. The lowest BCUT2D eigenvalue weighted by atomic mass is 10.2. The molecule has 3 rings (SSSR count). The minimum absolute atomic E-state index is 0.130. The Hall–Kier alpha value is -2.07. The maximum absolute atomic E-state index is 10.1. The van der Waals surface area contributed by atoms with Gasteiger partial charge in [-0.05, 0) is 36.8 Å². The number of aromatic hydroxyl groups is 1. The second-order valence-corrected chi connectivity index (χ2v) is 5.03. The largest absolute Gasteiger partial charge is 0.507 e. The first kappa shape index (κ1) is 12.9. The topological polar surface area (TPSA) is 50.9 Å². The van der Waals surface area contributed by atoms with Crippen molar-refractivity contribution in [2.75, 3.05) is 0 Å². The summed E-state index contributed by atoms with van der Waals surface area (Å²) in [6.07, 6.45) is 2.71. The van der Waals surface area contributed by atoms with Crippen LogP contribution in [0.1, 0.15) is 13.3 Å². The normalized spacial score (nSPS) is 11.1. The van der Waals surface area contributed by atoms with E-state index in [1.807, 2.05) is 16.7 Å². The highest BCUT2D eigenvalue weighted by molar-refractivity contribution is 6.30. The summed E-state index contributed by atoms with van der Waals surface area (Å²) in [5.41, 5.74) is 2.32. The van der Waals surface area contributed by atoms with E-state index in [1.165, 1.54) is 6.07 Å². The Balaban J connectivity index is 2.26. The van der Waals surface area contributed by atoms with Gasteiger partial charge in [-0.3, -0.25) is 0 Å². The number of pyridine rings is 1. The van der Waals surface area contributed by atoms with Crippen molar-refractivity contribution < 1.29 is 5.11 Å². The number of rotatable bonds is 3. The van der Waals surface area contributed by atoms with E-state index in [0.717, 1.165) is 30.0 Å². The molecule has 4 nitrogen and oxygen atoms in total.